The summed E-state index contributed by atoms with van der Waals surface area (Å²) in [5.41, 5.74) is 0.773. The van der Waals surface area contributed by atoms with Crippen LogP contribution in [0.3, 0.4) is 0 Å². The van der Waals surface area contributed by atoms with Gasteiger partial charge in [0.15, 0.2) is 0 Å². The molecule has 0 aliphatic carbocycles. The number of hydrogen-bond acceptors (Lipinski definition) is 3. The molecule has 1 aliphatic heterocycles. The number of hydrogen-bond donors (Lipinski definition) is 1. The third-order valence-electron chi connectivity index (χ3n) is 3.42. The van der Waals surface area contributed by atoms with Crippen molar-refractivity contribution >= 4 is 27.3 Å². The first-order valence-electron chi connectivity index (χ1n) is 6.14. The third-order valence-corrected chi connectivity index (χ3v) is 4.38. The van der Waals surface area contributed by atoms with Crippen molar-refractivity contribution in [2.75, 3.05) is 6.61 Å². The molecular formula is C14H15NO2S. The smallest absolute Gasteiger partial charge is 0.253 e. The molecule has 0 radical (unpaired) electrons. The standard InChI is InChI=1S/C14H15NO2S/c1-9-12(6-7-17-9)15-14(16)11-8-18-13-5-3-2-4-10(11)13/h2-5,8-9,12H,6-7H2,1H3,(H,15,16)/t9-,12-/m1/s1. The summed E-state index contributed by atoms with van der Waals surface area (Å²) in [4.78, 5) is 12.3. The molecule has 0 spiro atoms. The van der Waals surface area contributed by atoms with E-state index in [0.29, 0.717) is 0 Å². The fourth-order valence-corrected chi connectivity index (χ4v) is 3.26. The topological polar surface area (TPSA) is 38.3 Å². The van der Waals surface area contributed by atoms with Crippen LogP contribution in [0.5, 0.6) is 0 Å². The van der Waals surface area contributed by atoms with E-state index in [4.69, 9.17) is 4.74 Å². The molecule has 2 heterocycles. The first-order valence-corrected chi connectivity index (χ1v) is 7.02. The first kappa shape index (κ1) is 11.7. The Labute approximate surface area is 110 Å². The Kier molecular flexibility index (Phi) is 3.06. The SMILES string of the molecule is C[C@H]1OCC[C@H]1NC(=O)c1csc2ccccc12. The first-order chi connectivity index (χ1) is 8.75. The van der Waals surface area contributed by atoms with E-state index >= 15 is 0 Å². The van der Waals surface area contributed by atoms with Crippen LogP contribution in [0, 0.1) is 0 Å². The second-order valence-electron chi connectivity index (χ2n) is 4.59. The van der Waals surface area contributed by atoms with E-state index in [2.05, 4.69) is 5.32 Å². The van der Waals surface area contributed by atoms with Gasteiger partial charge in [0.2, 0.25) is 0 Å². The van der Waals surface area contributed by atoms with Crippen LogP contribution in [0.4, 0.5) is 0 Å². The van der Waals surface area contributed by atoms with E-state index in [9.17, 15) is 4.79 Å². The van der Waals surface area contributed by atoms with Crippen LogP contribution in [0.25, 0.3) is 10.1 Å². The maximum atomic E-state index is 12.3. The minimum Gasteiger partial charge on any atom is -0.376 e. The Morgan fingerprint density at radius 2 is 2.28 bits per heavy atom. The van der Waals surface area contributed by atoms with Crippen LogP contribution in [0.1, 0.15) is 23.7 Å². The summed E-state index contributed by atoms with van der Waals surface area (Å²) < 4.78 is 6.61. The molecule has 3 rings (SSSR count). The minimum atomic E-state index is 0.00907. The van der Waals surface area contributed by atoms with Gasteiger partial charge < -0.3 is 10.1 Å². The van der Waals surface area contributed by atoms with E-state index in [0.717, 1.165) is 28.7 Å². The van der Waals surface area contributed by atoms with Crippen LogP contribution in [-0.2, 0) is 4.74 Å². The molecule has 0 saturated carbocycles. The zero-order valence-electron chi connectivity index (χ0n) is 10.2. The largest absolute Gasteiger partial charge is 0.376 e. The number of thiophene rings is 1. The number of carbonyl (C=O) groups is 1. The molecule has 94 valence electrons. The lowest BCUT2D eigenvalue weighted by Crippen LogP contribution is -2.39. The van der Waals surface area contributed by atoms with Crippen LogP contribution < -0.4 is 5.32 Å². The monoisotopic (exact) mass is 261 g/mol. The fourth-order valence-electron chi connectivity index (χ4n) is 2.32. The van der Waals surface area contributed by atoms with Gasteiger partial charge in [0.05, 0.1) is 17.7 Å². The molecule has 1 aromatic heterocycles. The highest BCUT2D eigenvalue weighted by Gasteiger charge is 2.26. The number of carbonyl (C=O) groups excluding carboxylic acids is 1. The van der Waals surface area contributed by atoms with Gasteiger partial charge in [-0.15, -0.1) is 11.3 Å². The molecule has 1 amide bonds. The molecule has 1 aromatic carbocycles. The number of fused-ring (bicyclic) bond motifs is 1. The van der Waals surface area contributed by atoms with Crippen LogP contribution >= 0.6 is 11.3 Å². The van der Waals surface area contributed by atoms with Gasteiger partial charge in [0.25, 0.3) is 5.91 Å². The minimum absolute atomic E-state index is 0.00907. The van der Waals surface area contributed by atoms with Gasteiger partial charge in [0, 0.05) is 22.1 Å². The Bertz CT molecular complexity index is 578. The molecular weight excluding hydrogens is 246 g/mol. The Balaban J connectivity index is 1.84. The molecule has 3 nitrogen and oxygen atoms in total. The summed E-state index contributed by atoms with van der Waals surface area (Å²) in [6.45, 7) is 2.74. The van der Waals surface area contributed by atoms with Crippen LogP contribution in [0.2, 0.25) is 0 Å². The third kappa shape index (κ3) is 2.02. The average Bonchev–Trinajstić information content (AvgIpc) is 2.96. The number of amides is 1. The summed E-state index contributed by atoms with van der Waals surface area (Å²) >= 11 is 1.61. The van der Waals surface area contributed by atoms with E-state index in [1.54, 1.807) is 11.3 Å². The fraction of sp³-hybridized carbons (Fsp3) is 0.357. The van der Waals surface area contributed by atoms with Gasteiger partial charge in [0.1, 0.15) is 0 Å². The predicted molar refractivity (Wildman–Crippen MR) is 73.1 cm³/mol. The molecule has 18 heavy (non-hydrogen) atoms. The zero-order chi connectivity index (χ0) is 12.5. The molecule has 2 atom stereocenters. The van der Waals surface area contributed by atoms with Crippen LogP contribution in [-0.4, -0.2) is 24.7 Å². The maximum Gasteiger partial charge on any atom is 0.253 e. The summed E-state index contributed by atoms with van der Waals surface area (Å²) in [7, 11) is 0. The molecule has 0 bridgehead atoms. The Morgan fingerprint density at radius 1 is 1.44 bits per heavy atom. The van der Waals surface area contributed by atoms with Crippen molar-refractivity contribution in [2.45, 2.75) is 25.5 Å². The van der Waals surface area contributed by atoms with Crippen molar-refractivity contribution in [2.24, 2.45) is 0 Å². The highest BCUT2D eigenvalue weighted by molar-refractivity contribution is 7.17. The van der Waals surface area contributed by atoms with E-state index in [1.165, 1.54) is 0 Å². The number of nitrogens with one attached hydrogen (secondary N) is 1. The van der Waals surface area contributed by atoms with Gasteiger partial charge in [-0.2, -0.15) is 0 Å². The van der Waals surface area contributed by atoms with Gasteiger partial charge in [-0.1, -0.05) is 18.2 Å². The lowest BCUT2D eigenvalue weighted by molar-refractivity contribution is 0.0868. The number of ether oxygens (including phenoxy) is 1. The normalized spacial score (nSPS) is 23.4. The quantitative estimate of drug-likeness (QED) is 0.902. The van der Waals surface area contributed by atoms with Crippen molar-refractivity contribution in [1.82, 2.24) is 5.32 Å². The maximum absolute atomic E-state index is 12.3. The summed E-state index contributed by atoms with van der Waals surface area (Å²) in [6, 6.07) is 8.13. The second kappa shape index (κ2) is 4.71. The summed E-state index contributed by atoms with van der Waals surface area (Å²) in [5, 5.41) is 6.03. The summed E-state index contributed by atoms with van der Waals surface area (Å²) in [5.74, 6) is 0.00907. The van der Waals surface area contributed by atoms with E-state index < -0.39 is 0 Å². The van der Waals surface area contributed by atoms with Crippen LogP contribution in [0.15, 0.2) is 29.6 Å². The molecule has 1 N–H and O–H groups in total. The summed E-state index contributed by atoms with van der Waals surface area (Å²) in [6.07, 6.45) is 1.01. The van der Waals surface area contributed by atoms with Gasteiger partial charge in [-0.25, -0.2) is 0 Å². The average molecular weight is 261 g/mol. The van der Waals surface area contributed by atoms with Crippen molar-refractivity contribution < 1.29 is 9.53 Å². The van der Waals surface area contributed by atoms with E-state index in [-0.39, 0.29) is 18.1 Å². The Morgan fingerprint density at radius 3 is 3.06 bits per heavy atom. The highest BCUT2D eigenvalue weighted by Crippen LogP contribution is 2.26. The van der Waals surface area contributed by atoms with E-state index in [1.807, 2.05) is 36.6 Å². The molecule has 1 fully saturated rings. The molecule has 1 saturated heterocycles. The van der Waals surface area contributed by atoms with Gasteiger partial charge >= 0.3 is 0 Å². The van der Waals surface area contributed by atoms with Crippen molar-refractivity contribution in [3.8, 4) is 0 Å². The zero-order valence-corrected chi connectivity index (χ0v) is 11.0. The Hall–Kier alpha value is -1.39. The number of benzene rings is 1. The molecule has 1 aliphatic rings. The molecule has 0 unspecified atom stereocenters. The van der Waals surface area contributed by atoms with Crippen molar-refractivity contribution in [3.63, 3.8) is 0 Å². The second-order valence-corrected chi connectivity index (χ2v) is 5.50. The molecule has 2 aromatic rings. The highest BCUT2D eigenvalue weighted by atomic mass is 32.1. The lowest BCUT2D eigenvalue weighted by atomic mass is 10.1. The van der Waals surface area contributed by atoms with Crippen molar-refractivity contribution in [1.29, 1.82) is 0 Å². The number of rotatable bonds is 2. The van der Waals surface area contributed by atoms with Crippen molar-refractivity contribution in [3.05, 3.63) is 35.2 Å². The predicted octanol–water partition coefficient (Wildman–Crippen LogP) is 2.81. The van der Waals surface area contributed by atoms with Gasteiger partial charge in [-0.05, 0) is 19.4 Å². The molecule has 4 heteroatoms. The van der Waals surface area contributed by atoms with Gasteiger partial charge in [-0.3, -0.25) is 4.79 Å². The lowest BCUT2D eigenvalue weighted by Gasteiger charge is -2.15.